The maximum absolute atomic E-state index is 13.3. The fraction of sp³-hybridized carbons (Fsp3) is 0.222. The summed E-state index contributed by atoms with van der Waals surface area (Å²) >= 11 is 0. The second-order valence-electron chi connectivity index (χ2n) is 7.65. The first-order chi connectivity index (χ1) is 17.0. The molecule has 8 heteroatoms. The first kappa shape index (κ1) is 23.8. The van der Waals surface area contributed by atoms with Crippen molar-refractivity contribution in [2.45, 2.75) is 19.9 Å². The molecule has 2 aromatic carbocycles. The van der Waals surface area contributed by atoms with Crippen molar-refractivity contribution in [3.63, 3.8) is 0 Å². The molecular formula is C27H26N2O6. The molecule has 1 aromatic heterocycles. The summed E-state index contributed by atoms with van der Waals surface area (Å²) in [5.41, 5.74) is 1.07. The molecule has 0 spiro atoms. The van der Waals surface area contributed by atoms with Crippen LogP contribution in [0, 0.1) is 0 Å². The largest absolute Gasteiger partial charge is 0.507 e. The number of aliphatic hydroxyl groups is 1. The Hall–Kier alpha value is -4.33. The van der Waals surface area contributed by atoms with Crippen molar-refractivity contribution >= 4 is 23.1 Å². The average molecular weight is 475 g/mol. The number of Topliss-reactive ketones (excluding diaryl/α,β-unsaturated/α-hetero) is 1. The van der Waals surface area contributed by atoms with E-state index in [9.17, 15) is 14.7 Å². The number of hydrogen-bond acceptors (Lipinski definition) is 7. The van der Waals surface area contributed by atoms with Crippen molar-refractivity contribution in [1.29, 1.82) is 0 Å². The number of carbonyl (C=O) groups is 2. The zero-order valence-electron chi connectivity index (χ0n) is 19.7. The van der Waals surface area contributed by atoms with Crippen molar-refractivity contribution in [2.75, 3.05) is 25.2 Å². The van der Waals surface area contributed by atoms with E-state index in [1.54, 1.807) is 66.9 Å². The number of ether oxygens (including phenoxy) is 3. The van der Waals surface area contributed by atoms with Crippen LogP contribution in [0.3, 0.4) is 0 Å². The quantitative estimate of drug-likeness (QED) is 0.291. The second-order valence-corrected chi connectivity index (χ2v) is 7.65. The molecule has 0 saturated carbocycles. The normalized spacial score (nSPS) is 16.9. The second kappa shape index (κ2) is 10.3. The van der Waals surface area contributed by atoms with Gasteiger partial charge in [-0.05, 0) is 50.2 Å². The molecule has 1 N–H and O–H groups in total. The lowest BCUT2D eigenvalue weighted by Gasteiger charge is -2.25. The summed E-state index contributed by atoms with van der Waals surface area (Å²) in [5, 5.41) is 11.4. The Morgan fingerprint density at radius 1 is 0.971 bits per heavy atom. The molecule has 2 heterocycles. The van der Waals surface area contributed by atoms with Gasteiger partial charge in [0.2, 0.25) is 0 Å². The molecule has 1 saturated heterocycles. The van der Waals surface area contributed by atoms with E-state index in [-0.39, 0.29) is 16.9 Å². The summed E-state index contributed by atoms with van der Waals surface area (Å²) < 4.78 is 16.6. The van der Waals surface area contributed by atoms with Crippen molar-refractivity contribution in [3.8, 4) is 17.2 Å². The smallest absolute Gasteiger partial charge is 0.300 e. The zero-order valence-corrected chi connectivity index (χ0v) is 19.7. The van der Waals surface area contributed by atoms with E-state index < -0.39 is 17.7 Å². The van der Waals surface area contributed by atoms with E-state index in [0.717, 1.165) is 0 Å². The third kappa shape index (κ3) is 4.55. The van der Waals surface area contributed by atoms with Crippen LogP contribution in [0.4, 0.5) is 5.69 Å². The summed E-state index contributed by atoms with van der Waals surface area (Å²) in [6.45, 7) is 4.47. The Kier molecular flexibility index (Phi) is 7.01. The van der Waals surface area contributed by atoms with Crippen LogP contribution in [0.15, 0.2) is 72.4 Å². The summed E-state index contributed by atoms with van der Waals surface area (Å²) in [6.07, 6.45) is 1.57. The van der Waals surface area contributed by atoms with Gasteiger partial charge in [-0.3, -0.25) is 19.5 Å². The van der Waals surface area contributed by atoms with E-state index in [1.165, 1.54) is 12.0 Å². The lowest BCUT2D eigenvalue weighted by molar-refractivity contribution is -0.132. The maximum Gasteiger partial charge on any atom is 0.300 e. The lowest BCUT2D eigenvalue weighted by Crippen LogP contribution is -2.29. The number of ketones is 1. The molecule has 4 rings (SSSR count). The number of aliphatic hydroxyl groups excluding tert-OH is 1. The predicted molar refractivity (Wildman–Crippen MR) is 131 cm³/mol. The topological polar surface area (TPSA) is 98.2 Å². The zero-order chi connectivity index (χ0) is 24.9. The summed E-state index contributed by atoms with van der Waals surface area (Å²) in [4.78, 5) is 32.4. The van der Waals surface area contributed by atoms with Crippen molar-refractivity contribution in [2.24, 2.45) is 0 Å². The highest BCUT2D eigenvalue weighted by atomic mass is 16.5. The fourth-order valence-corrected chi connectivity index (χ4v) is 4.05. The van der Waals surface area contributed by atoms with E-state index in [0.29, 0.717) is 41.8 Å². The molecular weight excluding hydrogens is 448 g/mol. The Morgan fingerprint density at radius 3 is 2.46 bits per heavy atom. The molecule has 0 bridgehead atoms. The van der Waals surface area contributed by atoms with Gasteiger partial charge in [0.15, 0.2) is 0 Å². The molecule has 35 heavy (non-hydrogen) atoms. The molecule has 1 fully saturated rings. The minimum Gasteiger partial charge on any atom is -0.507 e. The van der Waals surface area contributed by atoms with Gasteiger partial charge in [0.1, 0.15) is 29.0 Å². The molecule has 180 valence electrons. The van der Waals surface area contributed by atoms with Gasteiger partial charge in [-0.15, -0.1) is 0 Å². The van der Waals surface area contributed by atoms with Gasteiger partial charge in [0.25, 0.3) is 11.7 Å². The molecule has 8 nitrogen and oxygen atoms in total. The summed E-state index contributed by atoms with van der Waals surface area (Å²) in [7, 11) is 1.52. The molecule has 1 unspecified atom stereocenters. The van der Waals surface area contributed by atoms with Crippen molar-refractivity contribution in [3.05, 3.63) is 83.7 Å². The maximum atomic E-state index is 13.3. The highest BCUT2D eigenvalue weighted by molar-refractivity contribution is 6.51. The van der Waals surface area contributed by atoms with Gasteiger partial charge in [-0.2, -0.15) is 0 Å². The minimum absolute atomic E-state index is 0.0818. The van der Waals surface area contributed by atoms with Crippen LogP contribution in [0.1, 0.15) is 31.1 Å². The molecule has 1 aliphatic heterocycles. The van der Waals surface area contributed by atoms with Crippen LogP contribution in [-0.2, 0) is 9.59 Å². The monoisotopic (exact) mass is 474 g/mol. The minimum atomic E-state index is -0.954. The number of methoxy groups -OCH3 is 1. The van der Waals surface area contributed by atoms with Gasteiger partial charge in [0, 0.05) is 24.0 Å². The van der Waals surface area contributed by atoms with Gasteiger partial charge in [-0.1, -0.05) is 12.1 Å². The number of aromatic nitrogens is 1. The summed E-state index contributed by atoms with van der Waals surface area (Å²) in [6, 6.07) is 16.0. The van der Waals surface area contributed by atoms with E-state index in [4.69, 9.17) is 14.2 Å². The first-order valence-electron chi connectivity index (χ1n) is 11.3. The molecule has 3 aromatic rings. The van der Waals surface area contributed by atoms with Gasteiger partial charge in [0.05, 0.1) is 37.2 Å². The Bertz CT molecular complexity index is 1270. The van der Waals surface area contributed by atoms with Crippen LogP contribution in [0.5, 0.6) is 17.2 Å². The van der Waals surface area contributed by atoms with Crippen LogP contribution >= 0.6 is 0 Å². The molecule has 1 amide bonds. The first-order valence-corrected chi connectivity index (χ1v) is 11.3. The van der Waals surface area contributed by atoms with E-state index in [1.807, 2.05) is 13.8 Å². The number of carbonyl (C=O) groups excluding carboxylic acids is 2. The fourth-order valence-electron chi connectivity index (χ4n) is 4.05. The molecule has 1 atom stereocenters. The van der Waals surface area contributed by atoms with Crippen molar-refractivity contribution in [1.82, 2.24) is 4.98 Å². The van der Waals surface area contributed by atoms with Gasteiger partial charge in [-0.25, -0.2) is 0 Å². The predicted octanol–water partition coefficient (Wildman–Crippen LogP) is 4.51. The Labute approximate surface area is 203 Å². The van der Waals surface area contributed by atoms with E-state index in [2.05, 4.69) is 4.98 Å². The number of hydrogen-bond donors (Lipinski definition) is 1. The average Bonchev–Trinajstić information content (AvgIpc) is 3.15. The van der Waals surface area contributed by atoms with E-state index >= 15 is 0 Å². The van der Waals surface area contributed by atoms with Crippen LogP contribution in [-0.4, -0.2) is 42.1 Å². The molecule has 0 radical (unpaired) electrons. The SMILES string of the molecule is CCOc1ccc(/C(O)=C2/C(=O)C(=O)N(c3cccc(OC)c3)C2c2ccccn2)c(OCC)c1. The number of benzene rings is 2. The Balaban J connectivity index is 1.93. The number of nitrogens with zero attached hydrogens (tertiary/aromatic N) is 2. The molecule has 0 aliphatic carbocycles. The third-order valence-electron chi connectivity index (χ3n) is 5.56. The number of pyridine rings is 1. The van der Waals surface area contributed by atoms with Gasteiger partial charge >= 0.3 is 0 Å². The number of amides is 1. The highest BCUT2D eigenvalue weighted by Gasteiger charge is 2.48. The van der Waals surface area contributed by atoms with Crippen LogP contribution in [0.25, 0.3) is 5.76 Å². The standard InChI is InChI=1S/C27H26N2O6/c1-4-34-19-12-13-20(22(16-19)35-5-2)25(30)23-24(21-11-6-7-14-28-21)29(27(32)26(23)31)17-9-8-10-18(15-17)33-3/h6-16,24,30H,4-5H2,1-3H3/b25-23-. The summed E-state index contributed by atoms with van der Waals surface area (Å²) in [5.74, 6) is -0.532. The van der Waals surface area contributed by atoms with Crippen LogP contribution in [0.2, 0.25) is 0 Å². The van der Waals surface area contributed by atoms with Crippen molar-refractivity contribution < 1.29 is 28.9 Å². The number of rotatable bonds is 8. The Morgan fingerprint density at radius 2 is 1.77 bits per heavy atom. The molecule has 1 aliphatic rings. The number of anilines is 1. The third-order valence-corrected chi connectivity index (χ3v) is 5.56. The highest BCUT2D eigenvalue weighted by Crippen LogP contribution is 2.43. The van der Waals surface area contributed by atoms with Crippen LogP contribution < -0.4 is 19.1 Å². The van der Waals surface area contributed by atoms with Gasteiger partial charge < -0.3 is 19.3 Å². The lowest BCUT2D eigenvalue weighted by atomic mass is 9.97.